The van der Waals surface area contributed by atoms with Gasteiger partial charge in [0.15, 0.2) is 0 Å². The molecule has 3 atom stereocenters. The second-order valence-electron chi connectivity index (χ2n) is 7.76. The summed E-state index contributed by atoms with van der Waals surface area (Å²) < 4.78 is 15.1. The number of hydrogen-bond acceptors (Lipinski definition) is 10. The SMILES string of the molecule is C=CCOC(=O)C(C#N)CC1SC(CCNc2cccc(NC(=O)COCCOC)n2)C(=O)N1CC. The van der Waals surface area contributed by atoms with Crippen LogP contribution in [-0.4, -0.2) is 84.9 Å². The number of aromatic nitrogens is 1. The fourth-order valence-electron chi connectivity index (χ4n) is 3.45. The minimum atomic E-state index is -0.950. The molecule has 36 heavy (non-hydrogen) atoms. The average Bonchev–Trinajstić information content (AvgIpc) is 3.17. The van der Waals surface area contributed by atoms with E-state index in [0.29, 0.717) is 44.4 Å². The van der Waals surface area contributed by atoms with E-state index in [4.69, 9.17) is 14.2 Å². The third kappa shape index (κ3) is 9.14. The van der Waals surface area contributed by atoms with Crippen molar-refractivity contribution in [2.75, 3.05) is 57.3 Å². The molecule has 12 heteroatoms. The van der Waals surface area contributed by atoms with Crippen molar-refractivity contribution in [1.82, 2.24) is 9.88 Å². The van der Waals surface area contributed by atoms with E-state index in [0.717, 1.165) is 0 Å². The minimum absolute atomic E-state index is 0.0205. The Balaban J connectivity index is 1.85. The van der Waals surface area contributed by atoms with Gasteiger partial charge in [0.25, 0.3) is 5.91 Å². The van der Waals surface area contributed by atoms with Crippen LogP contribution in [0.25, 0.3) is 0 Å². The van der Waals surface area contributed by atoms with Gasteiger partial charge in [-0.3, -0.25) is 14.4 Å². The lowest BCUT2D eigenvalue weighted by Crippen LogP contribution is -2.36. The van der Waals surface area contributed by atoms with Crippen molar-refractivity contribution in [2.45, 2.75) is 30.4 Å². The Bertz CT molecular complexity index is 940. The predicted octanol–water partition coefficient (Wildman–Crippen LogP) is 2.03. The van der Waals surface area contributed by atoms with E-state index in [-0.39, 0.29) is 42.1 Å². The molecule has 1 aliphatic heterocycles. The number of rotatable bonds is 16. The molecule has 1 fully saturated rings. The zero-order chi connectivity index (χ0) is 26.3. The van der Waals surface area contributed by atoms with E-state index in [9.17, 15) is 19.6 Å². The van der Waals surface area contributed by atoms with Crippen molar-refractivity contribution < 1.29 is 28.6 Å². The van der Waals surface area contributed by atoms with E-state index < -0.39 is 11.9 Å². The molecule has 2 heterocycles. The summed E-state index contributed by atoms with van der Waals surface area (Å²) in [7, 11) is 1.56. The van der Waals surface area contributed by atoms with Gasteiger partial charge in [0.05, 0.1) is 29.9 Å². The fraction of sp³-hybridized carbons (Fsp3) is 0.542. The van der Waals surface area contributed by atoms with Crippen LogP contribution in [0.1, 0.15) is 19.8 Å². The number of anilines is 2. The molecule has 0 aromatic carbocycles. The van der Waals surface area contributed by atoms with Crippen molar-refractivity contribution in [1.29, 1.82) is 5.26 Å². The second-order valence-corrected chi connectivity index (χ2v) is 9.14. The lowest BCUT2D eigenvalue weighted by Gasteiger charge is -2.23. The van der Waals surface area contributed by atoms with E-state index >= 15 is 0 Å². The summed E-state index contributed by atoms with van der Waals surface area (Å²) in [6.07, 6.45) is 2.18. The van der Waals surface area contributed by atoms with Gasteiger partial charge in [-0.1, -0.05) is 18.7 Å². The first-order valence-corrected chi connectivity index (χ1v) is 12.6. The summed E-state index contributed by atoms with van der Waals surface area (Å²) in [5.41, 5.74) is 0. The summed E-state index contributed by atoms with van der Waals surface area (Å²) in [6, 6.07) is 7.18. The Morgan fingerprint density at radius 2 is 2.14 bits per heavy atom. The molecule has 0 saturated carbocycles. The van der Waals surface area contributed by atoms with E-state index in [1.165, 1.54) is 17.8 Å². The number of pyridine rings is 1. The van der Waals surface area contributed by atoms with Gasteiger partial charge in [-0.15, -0.1) is 11.8 Å². The van der Waals surface area contributed by atoms with Crippen molar-refractivity contribution in [3.8, 4) is 6.07 Å². The number of nitriles is 1. The second kappa shape index (κ2) is 15.8. The third-order valence-electron chi connectivity index (χ3n) is 5.18. The molecular weight excluding hydrogens is 486 g/mol. The molecule has 1 aromatic heterocycles. The quantitative estimate of drug-likeness (QED) is 0.189. The zero-order valence-corrected chi connectivity index (χ0v) is 21.4. The van der Waals surface area contributed by atoms with Crippen LogP contribution in [-0.2, 0) is 28.6 Å². The van der Waals surface area contributed by atoms with E-state index in [1.54, 1.807) is 30.2 Å². The number of thioether (sulfide) groups is 1. The topological polar surface area (TPSA) is 143 Å². The fourth-order valence-corrected chi connectivity index (χ4v) is 5.04. The molecule has 3 unspecified atom stereocenters. The highest BCUT2D eigenvalue weighted by Gasteiger charge is 2.41. The number of amides is 2. The molecule has 2 amide bonds. The molecule has 196 valence electrons. The summed E-state index contributed by atoms with van der Waals surface area (Å²) in [5, 5.41) is 14.7. The lowest BCUT2D eigenvalue weighted by molar-refractivity contribution is -0.146. The van der Waals surface area contributed by atoms with Crippen molar-refractivity contribution in [2.24, 2.45) is 5.92 Å². The Hall–Kier alpha value is -3.14. The van der Waals surface area contributed by atoms with Crippen LogP contribution in [0, 0.1) is 17.2 Å². The molecule has 0 aliphatic carbocycles. The summed E-state index contributed by atoms with van der Waals surface area (Å²) in [4.78, 5) is 43.0. The van der Waals surface area contributed by atoms with Gasteiger partial charge in [-0.2, -0.15) is 5.26 Å². The van der Waals surface area contributed by atoms with Crippen LogP contribution in [0.3, 0.4) is 0 Å². The van der Waals surface area contributed by atoms with Gasteiger partial charge in [-0.25, -0.2) is 4.98 Å². The van der Waals surface area contributed by atoms with Crippen LogP contribution in [0.2, 0.25) is 0 Å². The smallest absolute Gasteiger partial charge is 0.323 e. The molecule has 1 saturated heterocycles. The number of carbonyl (C=O) groups is 3. The van der Waals surface area contributed by atoms with E-state index in [1.807, 2.05) is 13.0 Å². The van der Waals surface area contributed by atoms with Gasteiger partial charge in [0.2, 0.25) is 5.91 Å². The van der Waals surface area contributed by atoms with Crippen molar-refractivity contribution in [3.05, 3.63) is 30.9 Å². The number of esters is 1. The molecule has 11 nitrogen and oxygen atoms in total. The predicted molar refractivity (Wildman–Crippen MR) is 136 cm³/mol. The summed E-state index contributed by atoms with van der Waals surface area (Å²) >= 11 is 1.45. The van der Waals surface area contributed by atoms with Crippen LogP contribution < -0.4 is 10.6 Å². The van der Waals surface area contributed by atoms with Crippen LogP contribution in [0.15, 0.2) is 30.9 Å². The summed E-state index contributed by atoms with van der Waals surface area (Å²) in [5.74, 6) is -0.956. The number of methoxy groups -OCH3 is 1. The van der Waals surface area contributed by atoms with Crippen LogP contribution in [0.5, 0.6) is 0 Å². The van der Waals surface area contributed by atoms with Crippen LogP contribution in [0.4, 0.5) is 11.6 Å². The van der Waals surface area contributed by atoms with Crippen LogP contribution >= 0.6 is 11.8 Å². The monoisotopic (exact) mass is 519 g/mol. The largest absolute Gasteiger partial charge is 0.460 e. The number of nitrogens with zero attached hydrogens (tertiary/aromatic N) is 3. The molecule has 2 rings (SSSR count). The first-order valence-electron chi connectivity index (χ1n) is 11.6. The molecule has 1 aromatic rings. The van der Waals surface area contributed by atoms with Gasteiger partial charge >= 0.3 is 5.97 Å². The lowest BCUT2D eigenvalue weighted by atomic mass is 10.1. The number of hydrogen-bond donors (Lipinski definition) is 2. The maximum Gasteiger partial charge on any atom is 0.323 e. The first kappa shape index (κ1) is 29.1. The highest BCUT2D eigenvalue weighted by atomic mass is 32.2. The standard InChI is InChI=1S/C24H33N5O6S/c1-4-11-35-24(32)17(15-25)14-22-29(5-2)23(31)18(36-22)9-10-26-19-7-6-8-20(27-19)28-21(30)16-34-13-12-33-3/h4,6-8,17-18,22H,1,5,9-14,16H2,2-3H3,(H2,26,27,28,30). The van der Waals surface area contributed by atoms with E-state index in [2.05, 4.69) is 22.2 Å². The average molecular weight is 520 g/mol. The van der Waals surface area contributed by atoms with Gasteiger partial charge < -0.3 is 29.7 Å². The maximum absolute atomic E-state index is 12.9. The number of ether oxygens (including phenoxy) is 3. The first-order chi connectivity index (χ1) is 17.4. The Labute approximate surface area is 215 Å². The third-order valence-corrected chi connectivity index (χ3v) is 6.71. The van der Waals surface area contributed by atoms with Gasteiger partial charge in [0.1, 0.15) is 30.8 Å². The highest BCUT2D eigenvalue weighted by molar-refractivity contribution is 8.01. The zero-order valence-electron chi connectivity index (χ0n) is 20.6. The molecular formula is C24H33N5O6S. The Morgan fingerprint density at radius 1 is 1.36 bits per heavy atom. The maximum atomic E-state index is 12.9. The molecule has 0 radical (unpaired) electrons. The Morgan fingerprint density at radius 3 is 2.83 bits per heavy atom. The number of carbonyl (C=O) groups excluding carboxylic acids is 3. The molecule has 0 spiro atoms. The summed E-state index contributed by atoms with van der Waals surface area (Å²) in [6.45, 7) is 7.00. The van der Waals surface area contributed by atoms with Gasteiger partial charge in [-0.05, 0) is 25.5 Å². The molecule has 2 N–H and O–H groups in total. The molecule has 0 bridgehead atoms. The van der Waals surface area contributed by atoms with Crippen molar-refractivity contribution >= 4 is 41.2 Å². The minimum Gasteiger partial charge on any atom is -0.460 e. The Kier molecular flexibility index (Phi) is 12.7. The van der Waals surface area contributed by atoms with Gasteiger partial charge in [0, 0.05) is 26.6 Å². The normalized spacial score (nSPS) is 17.8. The molecule has 1 aliphatic rings. The highest BCUT2D eigenvalue weighted by Crippen LogP contribution is 2.37. The number of nitrogens with one attached hydrogen (secondary N) is 2. The van der Waals surface area contributed by atoms with Crippen molar-refractivity contribution in [3.63, 3.8) is 0 Å².